The number of nitrogens with zero attached hydrogens (tertiary/aromatic N) is 3. The van der Waals surface area contributed by atoms with Gasteiger partial charge < -0.3 is 25.8 Å². The van der Waals surface area contributed by atoms with Crippen molar-refractivity contribution in [1.29, 1.82) is 0 Å². The molecular weight excluding hydrogens is 416 g/mol. The average molecular weight is 441 g/mol. The number of hydrogen-bond donors (Lipinski definition) is 3. The molecule has 0 saturated heterocycles. The molecule has 4 N–H and O–H groups in total. The molecule has 0 saturated carbocycles. The van der Waals surface area contributed by atoms with Crippen molar-refractivity contribution in [2.45, 2.75) is 12.2 Å². The molecule has 1 aromatic heterocycles. The van der Waals surface area contributed by atoms with Crippen LogP contribution < -0.4 is 25.8 Å². The Labute approximate surface area is 184 Å². The van der Waals surface area contributed by atoms with Crippen molar-refractivity contribution < 1.29 is 14.3 Å². The van der Waals surface area contributed by atoms with Crippen LogP contribution in [0.3, 0.4) is 0 Å². The molecule has 0 aliphatic rings. The van der Waals surface area contributed by atoms with Gasteiger partial charge in [0.1, 0.15) is 17.3 Å². The number of hydrogen-bond acceptors (Lipinski definition) is 9. The van der Waals surface area contributed by atoms with Crippen LogP contribution in [0, 0.1) is 0 Å². The fourth-order valence-corrected chi connectivity index (χ4v) is 3.40. The first-order valence-corrected chi connectivity index (χ1v) is 10.5. The van der Waals surface area contributed by atoms with Gasteiger partial charge in [-0.05, 0) is 31.2 Å². The number of carbonyl (C=O) groups is 1. The molecule has 31 heavy (non-hydrogen) atoms. The molecule has 0 spiro atoms. The predicted octanol–water partition coefficient (Wildman–Crippen LogP) is 3.65. The highest BCUT2D eigenvalue weighted by molar-refractivity contribution is 8.00. The summed E-state index contributed by atoms with van der Waals surface area (Å²) in [6.07, 6.45) is 0. The van der Waals surface area contributed by atoms with Crippen LogP contribution in [0.5, 0.6) is 11.5 Å². The monoisotopic (exact) mass is 440 g/mol. The second kappa shape index (κ2) is 10.5. The Kier molecular flexibility index (Phi) is 7.50. The number of methoxy groups -OCH3 is 2. The molecule has 0 bridgehead atoms. The SMILES string of the molecule is COc1ccc(OC)c(NC(=O)CS[C@H](C)c2nc(N)nc(Nc3ccccc3)n2)c1. The Hall–Kier alpha value is -3.53. The summed E-state index contributed by atoms with van der Waals surface area (Å²) >= 11 is 1.38. The van der Waals surface area contributed by atoms with Crippen molar-refractivity contribution in [3.05, 3.63) is 54.4 Å². The van der Waals surface area contributed by atoms with Gasteiger partial charge in [0.15, 0.2) is 0 Å². The Morgan fingerprint density at radius 1 is 1.10 bits per heavy atom. The number of nitrogens with two attached hydrogens (primary N) is 1. The summed E-state index contributed by atoms with van der Waals surface area (Å²) in [6.45, 7) is 1.91. The number of benzene rings is 2. The van der Waals surface area contributed by atoms with E-state index >= 15 is 0 Å². The molecule has 0 aliphatic carbocycles. The van der Waals surface area contributed by atoms with Gasteiger partial charge in [-0.3, -0.25) is 4.79 Å². The van der Waals surface area contributed by atoms with E-state index in [0.717, 1.165) is 5.69 Å². The highest BCUT2D eigenvalue weighted by Gasteiger charge is 2.16. The van der Waals surface area contributed by atoms with E-state index in [1.165, 1.54) is 11.8 Å². The summed E-state index contributed by atoms with van der Waals surface area (Å²) in [4.78, 5) is 25.3. The van der Waals surface area contributed by atoms with Crippen LogP contribution in [0.4, 0.5) is 23.3 Å². The lowest BCUT2D eigenvalue weighted by atomic mass is 10.2. The number of nitrogen functional groups attached to an aromatic ring is 1. The van der Waals surface area contributed by atoms with Crippen LogP contribution in [-0.4, -0.2) is 40.8 Å². The van der Waals surface area contributed by atoms with Gasteiger partial charge in [-0.2, -0.15) is 15.0 Å². The molecule has 1 atom stereocenters. The maximum Gasteiger partial charge on any atom is 0.234 e. The largest absolute Gasteiger partial charge is 0.497 e. The number of anilines is 4. The summed E-state index contributed by atoms with van der Waals surface area (Å²) in [6, 6.07) is 14.7. The highest BCUT2D eigenvalue weighted by Crippen LogP contribution is 2.30. The van der Waals surface area contributed by atoms with Gasteiger partial charge in [-0.15, -0.1) is 11.8 Å². The van der Waals surface area contributed by atoms with E-state index in [4.69, 9.17) is 15.2 Å². The molecule has 0 unspecified atom stereocenters. The van der Waals surface area contributed by atoms with E-state index in [-0.39, 0.29) is 22.9 Å². The van der Waals surface area contributed by atoms with Crippen molar-refractivity contribution in [2.75, 3.05) is 36.3 Å². The number of amides is 1. The third-order valence-electron chi connectivity index (χ3n) is 4.21. The van der Waals surface area contributed by atoms with Gasteiger partial charge in [0.2, 0.25) is 17.8 Å². The number of thioether (sulfide) groups is 1. The first-order valence-electron chi connectivity index (χ1n) is 9.45. The lowest BCUT2D eigenvalue weighted by Crippen LogP contribution is -2.16. The molecule has 2 aromatic carbocycles. The van der Waals surface area contributed by atoms with Gasteiger partial charge in [0.05, 0.1) is 30.9 Å². The molecule has 3 aromatic rings. The van der Waals surface area contributed by atoms with E-state index in [1.807, 2.05) is 37.3 Å². The number of ether oxygens (including phenoxy) is 2. The van der Waals surface area contributed by atoms with Gasteiger partial charge >= 0.3 is 0 Å². The molecule has 162 valence electrons. The molecule has 1 amide bonds. The van der Waals surface area contributed by atoms with Crippen molar-refractivity contribution in [3.63, 3.8) is 0 Å². The Morgan fingerprint density at radius 3 is 2.58 bits per heavy atom. The standard InChI is InChI=1S/C21H24N6O3S/c1-13(19-25-20(22)27-21(26-19)23-14-7-5-4-6-8-14)31-12-18(28)24-16-11-15(29-2)9-10-17(16)30-3/h4-11,13H,12H2,1-3H3,(H,24,28)(H3,22,23,25,26,27)/t13-/m1/s1. The fraction of sp³-hybridized carbons (Fsp3) is 0.238. The van der Waals surface area contributed by atoms with E-state index in [1.54, 1.807) is 32.4 Å². The van der Waals surface area contributed by atoms with Crippen molar-refractivity contribution in [1.82, 2.24) is 15.0 Å². The first-order chi connectivity index (χ1) is 15.0. The number of carbonyl (C=O) groups excluding carboxylic acids is 1. The zero-order valence-electron chi connectivity index (χ0n) is 17.5. The lowest BCUT2D eigenvalue weighted by Gasteiger charge is -2.14. The molecule has 3 rings (SSSR count). The maximum absolute atomic E-state index is 12.5. The Morgan fingerprint density at radius 2 is 1.87 bits per heavy atom. The second-order valence-corrected chi connectivity index (χ2v) is 7.76. The van der Waals surface area contributed by atoms with Crippen molar-refractivity contribution in [2.24, 2.45) is 0 Å². The molecule has 0 aliphatic heterocycles. The molecule has 10 heteroatoms. The summed E-state index contributed by atoms with van der Waals surface area (Å²) in [5.74, 6) is 2.13. The van der Waals surface area contributed by atoms with Crippen LogP contribution >= 0.6 is 11.8 Å². The van der Waals surface area contributed by atoms with Crippen molar-refractivity contribution >= 4 is 40.9 Å². The predicted molar refractivity (Wildman–Crippen MR) is 123 cm³/mol. The van der Waals surface area contributed by atoms with Crippen molar-refractivity contribution in [3.8, 4) is 11.5 Å². The Balaban J connectivity index is 1.63. The fourth-order valence-electron chi connectivity index (χ4n) is 2.67. The van der Waals surface area contributed by atoms with E-state index in [9.17, 15) is 4.79 Å². The van der Waals surface area contributed by atoms with Crippen LogP contribution in [-0.2, 0) is 4.79 Å². The zero-order chi connectivity index (χ0) is 22.2. The number of rotatable bonds is 9. The third-order valence-corrected chi connectivity index (χ3v) is 5.35. The molecule has 0 fully saturated rings. The van der Waals surface area contributed by atoms with Crippen LogP contribution in [0.25, 0.3) is 0 Å². The van der Waals surface area contributed by atoms with Gasteiger partial charge in [0.25, 0.3) is 0 Å². The van der Waals surface area contributed by atoms with E-state index in [2.05, 4.69) is 25.6 Å². The maximum atomic E-state index is 12.5. The summed E-state index contributed by atoms with van der Waals surface area (Å²) < 4.78 is 10.5. The van der Waals surface area contributed by atoms with Gasteiger partial charge in [-0.1, -0.05) is 18.2 Å². The molecular formula is C21H24N6O3S. The Bertz CT molecular complexity index is 1030. The summed E-state index contributed by atoms with van der Waals surface area (Å²) in [5, 5.41) is 5.77. The summed E-state index contributed by atoms with van der Waals surface area (Å²) in [7, 11) is 3.10. The molecule has 9 nitrogen and oxygen atoms in total. The topological polar surface area (TPSA) is 124 Å². The minimum absolute atomic E-state index is 0.112. The normalized spacial score (nSPS) is 11.5. The number of nitrogens with one attached hydrogen (secondary N) is 2. The van der Waals surface area contributed by atoms with Gasteiger partial charge in [-0.25, -0.2) is 0 Å². The molecule has 0 radical (unpaired) electrons. The highest BCUT2D eigenvalue weighted by atomic mass is 32.2. The van der Waals surface area contributed by atoms with Crippen LogP contribution in [0.2, 0.25) is 0 Å². The van der Waals surface area contributed by atoms with E-state index in [0.29, 0.717) is 29.0 Å². The third kappa shape index (κ3) is 6.22. The van der Waals surface area contributed by atoms with Crippen LogP contribution in [0.15, 0.2) is 48.5 Å². The number of aromatic nitrogens is 3. The lowest BCUT2D eigenvalue weighted by molar-refractivity contribution is -0.113. The minimum atomic E-state index is -0.187. The van der Waals surface area contributed by atoms with Crippen LogP contribution in [0.1, 0.15) is 18.0 Å². The van der Waals surface area contributed by atoms with E-state index < -0.39 is 0 Å². The summed E-state index contributed by atoms with van der Waals surface area (Å²) in [5.41, 5.74) is 7.23. The van der Waals surface area contributed by atoms with Gasteiger partial charge in [0, 0.05) is 11.8 Å². The quantitative estimate of drug-likeness (QED) is 0.457. The second-order valence-electron chi connectivity index (χ2n) is 6.43. The zero-order valence-corrected chi connectivity index (χ0v) is 18.3. The minimum Gasteiger partial charge on any atom is -0.497 e. The molecule has 1 heterocycles. The smallest absolute Gasteiger partial charge is 0.234 e. The number of para-hydroxylation sites is 1. The average Bonchev–Trinajstić information content (AvgIpc) is 2.77. The first kappa shape index (κ1) is 22.2.